The van der Waals surface area contributed by atoms with Gasteiger partial charge in [0.25, 0.3) is 5.91 Å². The molecule has 1 atom stereocenters. The molecule has 0 saturated carbocycles. The van der Waals surface area contributed by atoms with Crippen LogP contribution in [0.25, 0.3) is 0 Å². The van der Waals surface area contributed by atoms with E-state index in [2.05, 4.69) is 5.32 Å². The molecule has 0 bridgehead atoms. The number of carbonyl (C=O) groups excluding carboxylic acids is 1. The molecular formula is C18H20ClNO2. The minimum atomic E-state index is -0.492. The SMILES string of the molecule is CC[C@H](Oc1cccc(C)c1)C(=O)NCc1ccc(Cl)cc1. The van der Waals surface area contributed by atoms with Gasteiger partial charge in [0.05, 0.1) is 0 Å². The third kappa shape index (κ3) is 4.78. The Balaban J connectivity index is 1.92. The Morgan fingerprint density at radius 2 is 1.95 bits per heavy atom. The van der Waals surface area contributed by atoms with E-state index in [-0.39, 0.29) is 5.91 Å². The Morgan fingerprint density at radius 1 is 1.23 bits per heavy atom. The highest BCUT2D eigenvalue weighted by Gasteiger charge is 2.18. The van der Waals surface area contributed by atoms with Crippen LogP contribution in [-0.4, -0.2) is 12.0 Å². The van der Waals surface area contributed by atoms with Crippen LogP contribution in [-0.2, 0) is 11.3 Å². The molecule has 0 saturated heterocycles. The maximum atomic E-state index is 12.2. The lowest BCUT2D eigenvalue weighted by molar-refractivity contribution is -0.128. The van der Waals surface area contributed by atoms with E-state index in [4.69, 9.17) is 16.3 Å². The van der Waals surface area contributed by atoms with Crippen LogP contribution in [0, 0.1) is 6.92 Å². The first kappa shape index (κ1) is 16.4. The van der Waals surface area contributed by atoms with Gasteiger partial charge in [0.1, 0.15) is 5.75 Å². The molecule has 0 heterocycles. The largest absolute Gasteiger partial charge is 0.481 e. The van der Waals surface area contributed by atoms with E-state index in [1.165, 1.54) is 0 Å². The molecule has 1 N–H and O–H groups in total. The predicted molar refractivity (Wildman–Crippen MR) is 89.2 cm³/mol. The van der Waals surface area contributed by atoms with Gasteiger partial charge in [-0.3, -0.25) is 4.79 Å². The van der Waals surface area contributed by atoms with Gasteiger partial charge in [-0.15, -0.1) is 0 Å². The summed E-state index contributed by atoms with van der Waals surface area (Å²) in [5.74, 6) is 0.604. The molecule has 0 aliphatic heterocycles. The standard InChI is InChI=1S/C18H20ClNO2/c1-3-17(22-16-6-4-5-13(2)11-16)18(21)20-12-14-7-9-15(19)10-8-14/h4-11,17H,3,12H2,1-2H3,(H,20,21)/t17-/m0/s1. The molecule has 116 valence electrons. The first-order valence-corrected chi connectivity index (χ1v) is 7.71. The van der Waals surface area contributed by atoms with Gasteiger partial charge in [-0.25, -0.2) is 0 Å². The average Bonchev–Trinajstić information content (AvgIpc) is 2.52. The average molecular weight is 318 g/mol. The first-order chi connectivity index (χ1) is 10.6. The summed E-state index contributed by atoms with van der Waals surface area (Å²) in [5, 5.41) is 3.58. The van der Waals surface area contributed by atoms with Crippen LogP contribution in [0.2, 0.25) is 5.02 Å². The lowest BCUT2D eigenvalue weighted by atomic mass is 10.2. The van der Waals surface area contributed by atoms with Crippen LogP contribution in [0.3, 0.4) is 0 Å². The molecule has 0 aliphatic rings. The highest BCUT2D eigenvalue weighted by Crippen LogP contribution is 2.15. The van der Waals surface area contributed by atoms with Crippen molar-refractivity contribution in [3.8, 4) is 5.75 Å². The topological polar surface area (TPSA) is 38.3 Å². The van der Waals surface area contributed by atoms with Gasteiger partial charge in [-0.05, 0) is 48.7 Å². The third-order valence-electron chi connectivity index (χ3n) is 3.31. The van der Waals surface area contributed by atoms with Crippen LogP contribution in [0.15, 0.2) is 48.5 Å². The Hall–Kier alpha value is -2.00. The molecule has 4 heteroatoms. The van der Waals surface area contributed by atoms with E-state index < -0.39 is 6.10 Å². The number of ether oxygens (including phenoxy) is 1. The first-order valence-electron chi connectivity index (χ1n) is 7.34. The molecule has 3 nitrogen and oxygen atoms in total. The van der Waals surface area contributed by atoms with Gasteiger partial charge in [0.15, 0.2) is 6.10 Å². The number of rotatable bonds is 6. The summed E-state index contributed by atoms with van der Waals surface area (Å²) in [5.41, 5.74) is 2.11. The van der Waals surface area contributed by atoms with Crippen LogP contribution in [0.4, 0.5) is 0 Å². The minimum absolute atomic E-state index is 0.112. The van der Waals surface area contributed by atoms with Crippen molar-refractivity contribution < 1.29 is 9.53 Å². The molecule has 22 heavy (non-hydrogen) atoms. The number of hydrogen-bond donors (Lipinski definition) is 1. The number of halogens is 1. The molecule has 0 radical (unpaired) electrons. The van der Waals surface area contributed by atoms with Gasteiger partial charge in [0.2, 0.25) is 0 Å². The second kappa shape index (κ2) is 7.85. The predicted octanol–water partition coefficient (Wildman–Crippen LogP) is 4.12. The van der Waals surface area contributed by atoms with Crippen molar-refractivity contribution in [2.75, 3.05) is 0 Å². The number of amides is 1. The fourth-order valence-electron chi connectivity index (χ4n) is 2.08. The zero-order valence-electron chi connectivity index (χ0n) is 12.8. The summed E-state index contributed by atoms with van der Waals surface area (Å²) >= 11 is 5.84. The lowest BCUT2D eigenvalue weighted by Crippen LogP contribution is -2.37. The molecule has 0 spiro atoms. The number of hydrogen-bond acceptors (Lipinski definition) is 2. The summed E-state index contributed by atoms with van der Waals surface area (Å²) in [7, 11) is 0. The third-order valence-corrected chi connectivity index (χ3v) is 3.56. The summed E-state index contributed by atoms with van der Waals surface area (Å²) in [6.07, 6.45) is 0.120. The van der Waals surface area contributed by atoms with E-state index in [1.54, 1.807) is 0 Å². The van der Waals surface area contributed by atoms with Crippen LogP contribution in [0.1, 0.15) is 24.5 Å². The van der Waals surface area contributed by atoms with Crippen LogP contribution >= 0.6 is 11.6 Å². The van der Waals surface area contributed by atoms with E-state index in [0.29, 0.717) is 23.7 Å². The molecule has 2 rings (SSSR count). The number of nitrogens with one attached hydrogen (secondary N) is 1. The van der Waals surface area contributed by atoms with E-state index in [0.717, 1.165) is 11.1 Å². The van der Waals surface area contributed by atoms with Gasteiger partial charge in [-0.1, -0.05) is 42.8 Å². The molecule has 0 fully saturated rings. The van der Waals surface area contributed by atoms with Crippen molar-refractivity contribution >= 4 is 17.5 Å². The summed E-state index contributed by atoms with van der Waals surface area (Å²) < 4.78 is 5.78. The lowest BCUT2D eigenvalue weighted by Gasteiger charge is -2.17. The van der Waals surface area contributed by atoms with E-state index in [1.807, 2.05) is 62.4 Å². The molecule has 2 aromatic rings. The number of carbonyl (C=O) groups is 1. The van der Waals surface area contributed by atoms with Crippen LogP contribution in [0.5, 0.6) is 5.75 Å². The van der Waals surface area contributed by atoms with E-state index in [9.17, 15) is 4.79 Å². The molecule has 0 aromatic heterocycles. The number of aryl methyl sites for hydroxylation is 1. The Kier molecular flexibility index (Phi) is 5.84. The highest BCUT2D eigenvalue weighted by atomic mass is 35.5. The van der Waals surface area contributed by atoms with Gasteiger partial charge < -0.3 is 10.1 Å². The Bertz CT molecular complexity index is 625. The highest BCUT2D eigenvalue weighted by molar-refractivity contribution is 6.30. The Labute approximate surface area is 136 Å². The summed E-state index contributed by atoms with van der Waals surface area (Å²) in [6, 6.07) is 15.1. The van der Waals surface area contributed by atoms with Gasteiger partial charge >= 0.3 is 0 Å². The van der Waals surface area contributed by atoms with E-state index >= 15 is 0 Å². The molecule has 1 amide bonds. The fourth-order valence-corrected chi connectivity index (χ4v) is 2.21. The summed E-state index contributed by atoms with van der Waals surface area (Å²) in [4.78, 5) is 12.2. The molecule has 0 unspecified atom stereocenters. The molecule has 0 aliphatic carbocycles. The number of benzene rings is 2. The Morgan fingerprint density at radius 3 is 2.59 bits per heavy atom. The monoisotopic (exact) mass is 317 g/mol. The maximum Gasteiger partial charge on any atom is 0.261 e. The quantitative estimate of drug-likeness (QED) is 0.870. The second-order valence-corrected chi connectivity index (χ2v) is 5.61. The van der Waals surface area contributed by atoms with Crippen molar-refractivity contribution in [1.82, 2.24) is 5.32 Å². The summed E-state index contributed by atoms with van der Waals surface area (Å²) in [6.45, 7) is 4.39. The van der Waals surface area contributed by atoms with Crippen molar-refractivity contribution in [1.29, 1.82) is 0 Å². The van der Waals surface area contributed by atoms with Crippen molar-refractivity contribution in [2.45, 2.75) is 32.9 Å². The van der Waals surface area contributed by atoms with Crippen molar-refractivity contribution in [2.24, 2.45) is 0 Å². The van der Waals surface area contributed by atoms with Crippen molar-refractivity contribution in [3.63, 3.8) is 0 Å². The zero-order valence-corrected chi connectivity index (χ0v) is 13.6. The second-order valence-electron chi connectivity index (χ2n) is 5.18. The maximum absolute atomic E-state index is 12.2. The normalized spacial score (nSPS) is 11.8. The van der Waals surface area contributed by atoms with Gasteiger partial charge in [0, 0.05) is 11.6 Å². The van der Waals surface area contributed by atoms with Crippen molar-refractivity contribution in [3.05, 3.63) is 64.7 Å². The molecule has 2 aromatic carbocycles. The van der Waals surface area contributed by atoms with Gasteiger partial charge in [-0.2, -0.15) is 0 Å². The zero-order chi connectivity index (χ0) is 15.9. The minimum Gasteiger partial charge on any atom is -0.481 e. The fraction of sp³-hybridized carbons (Fsp3) is 0.278. The molecular weight excluding hydrogens is 298 g/mol. The van der Waals surface area contributed by atoms with Crippen LogP contribution < -0.4 is 10.1 Å². The smallest absolute Gasteiger partial charge is 0.261 e.